The molecule has 0 fully saturated rings. The molecule has 1 unspecified atom stereocenters. The molecular formula is C11H16F3N3. The summed E-state index contributed by atoms with van der Waals surface area (Å²) >= 11 is 0. The van der Waals surface area contributed by atoms with Crippen LogP contribution in [0.2, 0.25) is 0 Å². The third-order valence-electron chi connectivity index (χ3n) is 2.51. The van der Waals surface area contributed by atoms with Gasteiger partial charge in [0.1, 0.15) is 12.4 Å². The van der Waals surface area contributed by atoms with Crippen molar-refractivity contribution in [2.75, 3.05) is 25.5 Å². The summed E-state index contributed by atoms with van der Waals surface area (Å²) in [5, 5.41) is 3.03. The van der Waals surface area contributed by atoms with Crippen molar-refractivity contribution in [1.29, 1.82) is 0 Å². The van der Waals surface area contributed by atoms with Crippen LogP contribution in [0.5, 0.6) is 0 Å². The van der Waals surface area contributed by atoms with Crippen LogP contribution < -0.4 is 10.2 Å². The fraction of sp³-hybridized carbons (Fsp3) is 0.545. The third-order valence-corrected chi connectivity index (χ3v) is 2.51. The molecule has 1 atom stereocenters. The number of alkyl halides is 3. The Kier molecular flexibility index (Phi) is 4.34. The lowest BCUT2D eigenvalue weighted by molar-refractivity contribution is -0.119. The molecule has 96 valence electrons. The molecule has 0 aliphatic rings. The Morgan fingerprint density at radius 3 is 2.65 bits per heavy atom. The Morgan fingerprint density at radius 1 is 1.47 bits per heavy atom. The predicted octanol–water partition coefficient (Wildman–Crippen LogP) is 2.36. The number of nitrogens with zero attached hydrogens (tertiary/aromatic N) is 2. The summed E-state index contributed by atoms with van der Waals surface area (Å²) in [4.78, 5) is 5.03. The maximum Gasteiger partial charge on any atom is 0.405 e. The fourth-order valence-electron chi connectivity index (χ4n) is 1.43. The van der Waals surface area contributed by atoms with Crippen LogP contribution in [0.4, 0.5) is 19.0 Å². The molecule has 0 spiro atoms. The topological polar surface area (TPSA) is 28.2 Å². The molecule has 6 heteroatoms. The number of rotatable bonds is 4. The molecule has 1 rings (SSSR count). The van der Waals surface area contributed by atoms with Crippen LogP contribution in [0.15, 0.2) is 18.3 Å². The van der Waals surface area contributed by atoms with E-state index in [2.05, 4.69) is 10.3 Å². The first kappa shape index (κ1) is 13.8. The van der Waals surface area contributed by atoms with Gasteiger partial charge in [-0.1, -0.05) is 0 Å². The summed E-state index contributed by atoms with van der Waals surface area (Å²) in [5.41, 5.74) is 0.909. The second kappa shape index (κ2) is 5.35. The van der Waals surface area contributed by atoms with E-state index in [1.807, 2.05) is 6.92 Å². The van der Waals surface area contributed by atoms with Gasteiger partial charge >= 0.3 is 6.18 Å². The average molecular weight is 247 g/mol. The van der Waals surface area contributed by atoms with Gasteiger partial charge in [-0.3, -0.25) is 0 Å². The van der Waals surface area contributed by atoms with Gasteiger partial charge in [0.15, 0.2) is 0 Å². The molecular weight excluding hydrogens is 231 g/mol. The molecule has 0 bridgehead atoms. The highest BCUT2D eigenvalue weighted by atomic mass is 19.4. The van der Waals surface area contributed by atoms with E-state index in [4.69, 9.17) is 0 Å². The molecule has 1 heterocycles. The Bertz CT molecular complexity index is 365. The fourth-order valence-corrected chi connectivity index (χ4v) is 1.43. The minimum absolute atomic E-state index is 0.0797. The minimum Gasteiger partial charge on any atom is -0.351 e. The lowest BCUT2D eigenvalue weighted by Crippen LogP contribution is -2.31. The van der Waals surface area contributed by atoms with E-state index >= 15 is 0 Å². The summed E-state index contributed by atoms with van der Waals surface area (Å²) in [7, 11) is 3.17. The lowest BCUT2D eigenvalue weighted by Gasteiger charge is -2.21. The highest BCUT2D eigenvalue weighted by Crippen LogP contribution is 2.21. The first-order valence-electron chi connectivity index (χ1n) is 5.24. The number of nitrogens with one attached hydrogen (secondary N) is 1. The standard InChI is InChI=1S/C11H16F3N3/c1-8(15-2)9-4-5-16-10(6-9)17(3)7-11(12,13)14/h4-6,8,15H,7H2,1-3H3. The molecule has 0 aliphatic carbocycles. The summed E-state index contributed by atoms with van der Waals surface area (Å²) in [6.07, 6.45) is -2.70. The summed E-state index contributed by atoms with van der Waals surface area (Å²) in [6, 6.07) is 3.52. The molecule has 3 nitrogen and oxygen atoms in total. The SMILES string of the molecule is CNC(C)c1ccnc(N(C)CC(F)(F)F)c1. The van der Waals surface area contributed by atoms with E-state index < -0.39 is 12.7 Å². The van der Waals surface area contributed by atoms with Gasteiger partial charge in [0.05, 0.1) is 0 Å². The zero-order chi connectivity index (χ0) is 13.1. The normalized spacial score (nSPS) is 13.5. The van der Waals surface area contributed by atoms with Crippen LogP contribution in [0.1, 0.15) is 18.5 Å². The van der Waals surface area contributed by atoms with E-state index in [0.717, 1.165) is 10.5 Å². The van der Waals surface area contributed by atoms with Crippen LogP contribution in [-0.2, 0) is 0 Å². The summed E-state index contributed by atoms with van der Waals surface area (Å²) in [6.45, 7) is 0.931. The zero-order valence-electron chi connectivity index (χ0n) is 10.0. The second-order valence-corrected chi connectivity index (χ2v) is 3.93. The van der Waals surface area contributed by atoms with E-state index in [0.29, 0.717) is 5.82 Å². The summed E-state index contributed by atoms with van der Waals surface area (Å²) in [5.74, 6) is 0.321. The molecule has 0 radical (unpaired) electrons. The van der Waals surface area contributed by atoms with E-state index in [1.54, 1.807) is 19.2 Å². The number of pyridine rings is 1. The van der Waals surface area contributed by atoms with Crippen molar-refractivity contribution < 1.29 is 13.2 Å². The van der Waals surface area contributed by atoms with Gasteiger partial charge in [0.25, 0.3) is 0 Å². The molecule has 0 amide bonds. The Morgan fingerprint density at radius 2 is 2.12 bits per heavy atom. The van der Waals surface area contributed by atoms with Crippen LogP contribution >= 0.6 is 0 Å². The predicted molar refractivity (Wildman–Crippen MR) is 61.0 cm³/mol. The van der Waals surface area contributed by atoms with Gasteiger partial charge in [-0.05, 0) is 31.7 Å². The molecule has 0 saturated carbocycles. The maximum atomic E-state index is 12.2. The molecule has 0 saturated heterocycles. The van der Waals surface area contributed by atoms with E-state index in [9.17, 15) is 13.2 Å². The monoisotopic (exact) mass is 247 g/mol. The van der Waals surface area contributed by atoms with Crippen molar-refractivity contribution in [3.05, 3.63) is 23.9 Å². The number of hydrogen-bond acceptors (Lipinski definition) is 3. The van der Waals surface area contributed by atoms with Gasteiger partial charge in [-0.2, -0.15) is 13.2 Å². The molecule has 17 heavy (non-hydrogen) atoms. The molecule has 0 aromatic carbocycles. The first-order chi connectivity index (χ1) is 7.83. The van der Waals surface area contributed by atoms with Crippen molar-refractivity contribution in [3.63, 3.8) is 0 Å². The Hall–Kier alpha value is -1.30. The van der Waals surface area contributed by atoms with Crippen molar-refractivity contribution >= 4 is 5.82 Å². The lowest BCUT2D eigenvalue weighted by atomic mass is 10.1. The number of aromatic nitrogens is 1. The first-order valence-corrected chi connectivity index (χ1v) is 5.24. The minimum atomic E-state index is -4.22. The Labute approximate surface area is 98.6 Å². The van der Waals surface area contributed by atoms with Crippen LogP contribution in [0.25, 0.3) is 0 Å². The molecule has 1 N–H and O–H groups in total. The highest BCUT2D eigenvalue weighted by molar-refractivity contribution is 5.41. The maximum absolute atomic E-state index is 12.2. The molecule has 0 aliphatic heterocycles. The average Bonchev–Trinajstić information content (AvgIpc) is 2.26. The van der Waals surface area contributed by atoms with Crippen molar-refractivity contribution in [1.82, 2.24) is 10.3 Å². The zero-order valence-corrected chi connectivity index (χ0v) is 10.0. The van der Waals surface area contributed by atoms with Crippen molar-refractivity contribution in [2.24, 2.45) is 0 Å². The van der Waals surface area contributed by atoms with Gasteiger partial charge < -0.3 is 10.2 Å². The van der Waals surface area contributed by atoms with Crippen LogP contribution in [-0.4, -0.2) is 31.8 Å². The van der Waals surface area contributed by atoms with E-state index in [1.165, 1.54) is 13.2 Å². The van der Waals surface area contributed by atoms with Gasteiger partial charge in [0, 0.05) is 19.3 Å². The second-order valence-electron chi connectivity index (χ2n) is 3.93. The van der Waals surface area contributed by atoms with Crippen LogP contribution in [0.3, 0.4) is 0 Å². The third kappa shape index (κ3) is 4.22. The van der Waals surface area contributed by atoms with Gasteiger partial charge in [0.2, 0.25) is 0 Å². The number of anilines is 1. The van der Waals surface area contributed by atoms with Gasteiger partial charge in [-0.25, -0.2) is 4.98 Å². The smallest absolute Gasteiger partial charge is 0.351 e. The highest BCUT2D eigenvalue weighted by Gasteiger charge is 2.29. The largest absolute Gasteiger partial charge is 0.405 e. The quantitative estimate of drug-likeness (QED) is 0.885. The van der Waals surface area contributed by atoms with Crippen LogP contribution in [0, 0.1) is 0 Å². The Balaban J connectivity index is 2.84. The summed E-state index contributed by atoms with van der Waals surface area (Å²) < 4.78 is 36.7. The molecule has 1 aromatic heterocycles. The van der Waals surface area contributed by atoms with Gasteiger partial charge in [-0.15, -0.1) is 0 Å². The van der Waals surface area contributed by atoms with E-state index in [-0.39, 0.29) is 6.04 Å². The molecule has 1 aromatic rings. The number of halogens is 3. The van der Waals surface area contributed by atoms with Crippen molar-refractivity contribution in [3.8, 4) is 0 Å². The van der Waals surface area contributed by atoms with Crippen molar-refractivity contribution in [2.45, 2.75) is 19.1 Å². The number of hydrogen-bond donors (Lipinski definition) is 1.